The number of hydrogen-bond donors (Lipinski definition) is 11. The summed E-state index contributed by atoms with van der Waals surface area (Å²) in [6.45, 7) is 14.0. The molecule has 18 nitrogen and oxygen atoms in total. The first-order chi connectivity index (χ1) is 30.3. The molecule has 23 atom stereocenters. The number of allylic oxidation sites excluding steroid dienone is 2. The third-order valence-corrected chi connectivity index (χ3v) is 19.0. The third-order valence-electron chi connectivity index (χ3n) is 19.0. The van der Waals surface area contributed by atoms with Crippen molar-refractivity contribution in [1.82, 2.24) is 0 Å². The molecule has 11 N–H and O–H groups in total. The molecular weight excluding hydrogens is 852 g/mol. The Kier molecular flexibility index (Phi) is 13.4. The first-order valence-electron chi connectivity index (χ1n) is 23.8. The van der Waals surface area contributed by atoms with Crippen LogP contribution in [0.25, 0.3) is 0 Å². The van der Waals surface area contributed by atoms with Crippen LogP contribution in [0, 0.1) is 50.2 Å². The molecule has 0 spiro atoms. The molecule has 0 unspecified atom stereocenters. The van der Waals surface area contributed by atoms with Crippen LogP contribution in [0.2, 0.25) is 0 Å². The molecule has 372 valence electrons. The van der Waals surface area contributed by atoms with E-state index in [-0.39, 0.29) is 40.6 Å². The van der Waals surface area contributed by atoms with Gasteiger partial charge in [-0.2, -0.15) is 0 Å². The van der Waals surface area contributed by atoms with E-state index in [4.69, 9.17) is 28.4 Å². The van der Waals surface area contributed by atoms with E-state index in [1.165, 1.54) is 5.57 Å². The molecule has 5 aliphatic carbocycles. The minimum Gasteiger partial charge on any atom is -0.481 e. The molecule has 0 aromatic rings. The lowest BCUT2D eigenvalue weighted by molar-refractivity contribution is -0.379. The van der Waals surface area contributed by atoms with Crippen LogP contribution < -0.4 is 0 Å². The molecule has 0 aromatic carbocycles. The van der Waals surface area contributed by atoms with Crippen LogP contribution in [0.5, 0.6) is 0 Å². The zero-order valence-electron chi connectivity index (χ0n) is 38.8. The summed E-state index contributed by atoms with van der Waals surface area (Å²) in [5.41, 5.74) is -1.19. The molecule has 8 rings (SSSR count). The first-order valence-corrected chi connectivity index (χ1v) is 23.8. The number of ether oxygens (including phenoxy) is 6. The summed E-state index contributed by atoms with van der Waals surface area (Å²) in [7, 11) is 0. The average Bonchev–Trinajstić information content (AvgIpc) is 3.23. The Morgan fingerprint density at radius 2 is 1.29 bits per heavy atom. The molecule has 0 aromatic heterocycles. The van der Waals surface area contributed by atoms with Crippen molar-refractivity contribution in [3.63, 3.8) is 0 Å². The largest absolute Gasteiger partial charge is 0.481 e. The van der Waals surface area contributed by atoms with Crippen molar-refractivity contribution in [2.75, 3.05) is 19.8 Å². The monoisotopic (exact) mass is 929 g/mol. The van der Waals surface area contributed by atoms with Crippen LogP contribution in [-0.4, -0.2) is 180 Å². The lowest BCUT2D eigenvalue weighted by Gasteiger charge is -2.71. The summed E-state index contributed by atoms with van der Waals surface area (Å²) in [5.74, 6) is -0.710. The summed E-state index contributed by atoms with van der Waals surface area (Å²) in [5, 5.41) is 119. The summed E-state index contributed by atoms with van der Waals surface area (Å²) in [6, 6.07) is 0. The average molecular weight is 929 g/mol. The quantitative estimate of drug-likeness (QED) is 0.110. The Bertz CT molecular complexity index is 1780. The van der Waals surface area contributed by atoms with Crippen LogP contribution in [0.3, 0.4) is 0 Å². The Morgan fingerprint density at radius 1 is 0.677 bits per heavy atom. The number of carboxylic acid groups (broad SMARTS) is 1. The van der Waals surface area contributed by atoms with Crippen molar-refractivity contribution in [2.45, 2.75) is 204 Å². The van der Waals surface area contributed by atoms with Crippen LogP contribution in [-0.2, 0) is 33.2 Å². The van der Waals surface area contributed by atoms with Crippen molar-refractivity contribution >= 4 is 5.97 Å². The Labute approximate surface area is 380 Å². The minimum absolute atomic E-state index is 0.0400. The fraction of sp³-hybridized carbons (Fsp3) is 0.936. The molecule has 4 saturated carbocycles. The highest BCUT2D eigenvalue weighted by Gasteiger charge is 2.71. The van der Waals surface area contributed by atoms with Crippen LogP contribution in [0.1, 0.15) is 106 Å². The van der Waals surface area contributed by atoms with Gasteiger partial charge in [-0.3, -0.25) is 4.79 Å². The van der Waals surface area contributed by atoms with Gasteiger partial charge in [0, 0.05) is 0 Å². The predicted molar refractivity (Wildman–Crippen MR) is 226 cm³/mol. The van der Waals surface area contributed by atoms with Crippen LogP contribution in [0.15, 0.2) is 11.6 Å². The highest BCUT2D eigenvalue weighted by Crippen LogP contribution is 2.76. The van der Waals surface area contributed by atoms with Crippen molar-refractivity contribution in [1.29, 1.82) is 0 Å². The summed E-state index contributed by atoms with van der Waals surface area (Å²) in [4.78, 5) is 13.2. The summed E-state index contributed by atoms with van der Waals surface area (Å²) < 4.78 is 35.4. The smallest absolute Gasteiger partial charge is 0.312 e. The van der Waals surface area contributed by atoms with Gasteiger partial charge < -0.3 is 84.6 Å². The van der Waals surface area contributed by atoms with Gasteiger partial charge in [-0.25, -0.2) is 0 Å². The van der Waals surface area contributed by atoms with Crippen molar-refractivity contribution < 1.29 is 89.4 Å². The second kappa shape index (κ2) is 17.5. The van der Waals surface area contributed by atoms with Gasteiger partial charge in [0.15, 0.2) is 18.9 Å². The van der Waals surface area contributed by atoms with Gasteiger partial charge in [0.1, 0.15) is 72.6 Å². The maximum absolute atomic E-state index is 13.2. The fourth-order valence-corrected chi connectivity index (χ4v) is 15.0. The number of aliphatic carboxylic acids is 1. The van der Waals surface area contributed by atoms with Gasteiger partial charge in [0.25, 0.3) is 0 Å². The SMILES string of the molecule is CC1(C)CC[C@@]2(C(=O)O)[C@H](C1)C1=CC[C@H]3[C@@]4(C)CC[C@@H](O[C@H]5OC[C@H](O)[C@@H](O[C@H]6O[C@@H](CO)[C@H](O)[C@@H](O[C@H]7O[C@@H](CO)[C@H](O)[C@@H](O)[C@@H]7O)[C@@H]6O)[C@@H]5O)C(C)(C)[C@H]4CC[C@@]3(C)[C@]1(C)C[C@@H]2O. The highest BCUT2D eigenvalue weighted by atomic mass is 16.8. The summed E-state index contributed by atoms with van der Waals surface area (Å²) in [6.07, 6.45) is -15.4. The molecule has 0 amide bonds. The summed E-state index contributed by atoms with van der Waals surface area (Å²) >= 11 is 0. The van der Waals surface area contributed by atoms with Gasteiger partial charge >= 0.3 is 5.97 Å². The molecule has 65 heavy (non-hydrogen) atoms. The number of aliphatic hydroxyl groups is 10. The Hall–Kier alpha value is -1.43. The molecule has 3 saturated heterocycles. The topological polar surface area (TPSA) is 295 Å². The van der Waals surface area contributed by atoms with Crippen molar-refractivity contribution in [3.8, 4) is 0 Å². The molecule has 0 radical (unpaired) electrons. The van der Waals surface area contributed by atoms with E-state index in [1.807, 2.05) is 0 Å². The molecule has 3 aliphatic heterocycles. The standard InChI is InChI=1S/C47H76O18/c1-42(2)14-15-47(41(58)59)22(16-42)21-8-9-27-44(5)12-11-29(43(3,4)26(44)10-13-45(27,6)46(21,7)17-28(47)51)63-38-34(56)36(23(50)20-60-38)64-40-35(57)37(31(53)25(19-49)62-40)65-39-33(55)32(54)30(52)24(18-48)61-39/h8,22-40,48-57H,9-20H2,1-7H3,(H,58,59)/t22-,23+,24+,25+,26-,27+,28+,29-,30+,31+,32-,33+,34+,35+,36-,37-,38-,39-,40-,44+,45-,46-,47-/m1/s1. The van der Waals surface area contributed by atoms with Gasteiger partial charge in [-0.1, -0.05) is 60.1 Å². The third kappa shape index (κ3) is 7.71. The fourth-order valence-electron chi connectivity index (χ4n) is 15.0. The maximum atomic E-state index is 13.2. The second-order valence-electron chi connectivity index (χ2n) is 23.1. The van der Waals surface area contributed by atoms with E-state index in [2.05, 4.69) is 54.5 Å². The normalized spacial score (nSPS) is 54.0. The van der Waals surface area contributed by atoms with Crippen LogP contribution in [0.4, 0.5) is 0 Å². The lowest BCUT2D eigenvalue weighted by atomic mass is 9.33. The number of hydrogen-bond acceptors (Lipinski definition) is 17. The zero-order chi connectivity index (χ0) is 47.6. The Balaban J connectivity index is 0.976. The first kappa shape index (κ1) is 50.0. The maximum Gasteiger partial charge on any atom is 0.312 e. The van der Waals surface area contributed by atoms with E-state index in [1.54, 1.807) is 0 Å². The molecular formula is C47H76O18. The second-order valence-corrected chi connectivity index (χ2v) is 23.1. The highest BCUT2D eigenvalue weighted by molar-refractivity contribution is 5.77. The molecule has 7 fully saturated rings. The predicted octanol–water partition coefficient (Wildman–Crippen LogP) is 0.316. The van der Waals surface area contributed by atoms with E-state index in [0.29, 0.717) is 19.3 Å². The molecule has 0 bridgehead atoms. The van der Waals surface area contributed by atoms with E-state index in [0.717, 1.165) is 38.5 Å². The van der Waals surface area contributed by atoms with Gasteiger partial charge in [-0.05, 0) is 103 Å². The van der Waals surface area contributed by atoms with E-state index in [9.17, 15) is 61.0 Å². The number of carboxylic acids is 1. The Morgan fingerprint density at radius 3 is 1.94 bits per heavy atom. The van der Waals surface area contributed by atoms with Gasteiger partial charge in [0.2, 0.25) is 0 Å². The van der Waals surface area contributed by atoms with Gasteiger partial charge in [-0.15, -0.1) is 0 Å². The van der Waals surface area contributed by atoms with Crippen molar-refractivity contribution in [2.24, 2.45) is 50.2 Å². The number of carbonyl (C=O) groups is 1. The van der Waals surface area contributed by atoms with E-state index < -0.39 is 134 Å². The molecule has 8 aliphatic rings. The molecule has 18 heteroatoms. The van der Waals surface area contributed by atoms with Crippen LogP contribution >= 0.6 is 0 Å². The number of rotatable bonds is 9. The number of aliphatic hydroxyl groups excluding tert-OH is 10. The lowest BCUT2D eigenvalue weighted by Crippen LogP contribution is -2.68. The number of fused-ring (bicyclic) bond motifs is 7. The van der Waals surface area contributed by atoms with Crippen molar-refractivity contribution in [3.05, 3.63) is 11.6 Å². The van der Waals surface area contributed by atoms with E-state index >= 15 is 0 Å². The molecule has 3 heterocycles. The van der Waals surface area contributed by atoms with Gasteiger partial charge in [0.05, 0.1) is 32.0 Å². The zero-order valence-corrected chi connectivity index (χ0v) is 38.8. The minimum atomic E-state index is -1.88.